The maximum atomic E-state index is 14.7. The minimum atomic E-state index is -4.24. The number of ether oxygens (including phenoxy) is 6. The van der Waals surface area contributed by atoms with Crippen LogP contribution in [0.1, 0.15) is 72.5 Å². The number of amides is 2. The molecule has 2 amide bonds. The highest BCUT2D eigenvalue weighted by atomic mass is 31.2. The van der Waals surface area contributed by atoms with Crippen LogP contribution in [0.15, 0.2) is 59.5 Å². The lowest BCUT2D eigenvalue weighted by Crippen LogP contribution is -2.70. The summed E-state index contributed by atoms with van der Waals surface area (Å²) in [7, 11) is -2.62. The van der Waals surface area contributed by atoms with Crippen LogP contribution in [0, 0.1) is 11.6 Å². The fraction of sp³-hybridized carbons (Fsp3) is 0.462. The molecule has 0 saturated carbocycles. The summed E-state index contributed by atoms with van der Waals surface area (Å²) in [6.45, 7) is 4.18. The summed E-state index contributed by atoms with van der Waals surface area (Å²) < 4.78 is 85.3. The first-order valence-electron chi connectivity index (χ1n) is 18.9. The highest BCUT2D eigenvalue weighted by molar-refractivity contribution is 7.53. The molecule has 326 valence electrons. The Morgan fingerprint density at radius 3 is 2.18 bits per heavy atom. The van der Waals surface area contributed by atoms with Crippen molar-refractivity contribution >= 4 is 31.7 Å². The number of aromatic nitrogens is 1. The summed E-state index contributed by atoms with van der Waals surface area (Å²) in [5.74, 6) is -3.77. The zero-order valence-electron chi connectivity index (χ0n) is 33.7. The average Bonchev–Trinajstić information content (AvgIpc) is 3.68. The van der Waals surface area contributed by atoms with Crippen LogP contribution >= 0.6 is 7.60 Å². The van der Waals surface area contributed by atoms with Crippen LogP contribution in [0.2, 0.25) is 0 Å². The smallest absolute Gasteiger partial charge is 0.482 e. The van der Waals surface area contributed by atoms with Crippen LogP contribution in [-0.4, -0.2) is 98.1 Å². The van der Waals surface area contributed by atoms with Gasteiger partial charge in [0.05, 0.1) is 31.6 Å². The number of nitrogens with zero attached hydrogens (tertiary/aromatic N) is 3. The first-order chi connectivity index (χ1) is 28.5. The number of carbonyl (C=O) groups excluding carboxylic acids is 4. The van der Waals surface area contributed by atoms with Crippen molar-refractivity contribution in [2.24, 2.45) is 0 Å². The van der Waals surface area contributed by atoms with Gasteiger partial charge in [0.2, 0.25) is 19.0 Å². The van der Waals surface area contributed by atoms with Crippen LogP contribution in [0.25, 0.3) is 0 Å². The lowest BCUT2D eigenvalue weighted by molar-refractivity contribution is -0.0305. The molecule has 1 atom stereocenters. The van der Waals surface area contributed by atoms with Crippen molar-refractivity contribution in [3.8, 4) is 5.75 Å². The van der Waals surface area contributed by atoms with Gasteiger partial charge in [-0.05, 0) is 45.7 Å². The topological polar surface area (TPSA) is 200 Å². The molecule has 21 heteroatoms. The molecule has 60 heavy (non-hydrogen) atoms. The molecule has 2 aliphatic heterocycles. The molecule has 1 spiro atoms. The molecule has 2 aromatic carbocycles. The van der Waals surface area contributed by atoms with Gasteiger partial charge < -0.3 is 38.6 Å². The molecule has 18 nitrogen and oxygen atoms in total. The fourth-order valence-electron chi connectivity index (χ4n) is 6.34. The molecule has 1 aromatic heterocycles. The summed E-state index contributed by atoms with van der Waals surface area (Å²) in [5, 5.41) is 4.11. The van der Waals surface area contributed by atoms with Crippen LogP contribution in [-0.2, 0) is 50.4 Å². The summed E-state index contributed by atoms with van der Waals surface area (Å²) in [4.78, 5) is 67.8. The summed E-state index contributed by atoms with van der Waals surface area (Å²) in [6, 6.07) is 11.6. The second-order valence-electron chi connectivity index (χ2n) is 14.2. The lowest BCUT2D eigenvalue weighted by atomic mass is 10.0. The van der Waals surface area contributed by atoms with Crippen molar-refractivity contribution in [3.63, 3.8) is 0 Å². The molecular weight excluding hydrogens is 817 g/mol. The van der Waals surface area contributed by atoms with E-state index in [0.29, 0.717) is 11.6 Å². The number of rotatable bonds is 18. The van der Waals surface area contributed by atoms with Crippen molar-refractivity contribution in [3.05, 3.63) is 99.0 Å². The SMILES string of the molecule is CC(C)OC(=O)OCOP(=O)(CCCN1C(=O)c2c(OCc3ccccc3)c(=O)c(C(=O)NCc3ccc(F)cc3F)cn2N(C)C12CCOC2)OCOC(=O)OC(C)C. The standard InChI is InChI=1S/C39H47F2N4O14P/c1-25(2)58-37(49)54-23-56-60(51,57-24-55-38(50)59-26(3)4)17-9-15-44-36(48)32-34(53-21-27-10-7-6-8-11-27)33(46)30(20-45(32)43(5)39(44)14-16-52-22-39)35(47)42-19-28-12-13-29(40)18-31(28)41/h6-8,10-13,18,20,25-26H,9,14-17,19,21-24H2,1-5H3,(H,42,47). The van der Waals surface area contributed by atoms with Crippen LogP contribution < -0.4 is 20.5 Å². The van der Waals surface area contributed by atoms with E-state index in [-0.39, 0.29) is 63.2 Å². The molecule has 2 aliphatic rings. The molecule has 3 aromatic rings. The minimum absolute atomic E-state index is 0.0192. The van der Waals surface area contributed by atoms with Gasteiger partial charge in [-0.25, -0.2) is 18.4 Å². The number of halogens is 2. The number of carbonyl (C=O) groups is 4. The summed E-state index contributed by atoms with van der Waals surface area (Å²) >= 11 is 0. The molecule has 1 N–H and O–H groups in total. The largest absolute Gasteiger partial charge is 0.510 e. The van der Waals surface area contributed by atoms with E-state index in [1.165, 1.54) is 15.8 Å². The van der Waals surface area contributed by atoms with Gasteiger partial charge in [0.25, 0.3) is 11.8 Å². The Hall–Kier alpha value is -5.56. The van der Waals surface area contributed by atoms with Crippen LogP contribution in [0.4, 0.5) is 18.4 Å². The second kappa shape index (κ2) is 20.1. The van der Waals surface area contributed by atoms with Gasteiger partial charge in [-0.1, -0.05) is 36.4 Å². The zero-order chi connectivity index (χ0) is 43.6. The molecule has 3 heterocycles. The first kappa shape index (κ1) is 45.5. The van der Waals surface area contributed by atoms with Crippen molar-refractivity contribution in [1.82, 2.24) is 14.9 Å². The molecule has 0 radical (unpaired) electrons. The number of fused-ring (bicyclic) bond motifs is 1. The molecular formula is C39H47F2N4O14P. The third-order valence-electron chi connectivity index (χ3n) is 9.26. The molecule has 1 fully saturated rings. The van der Waals surface area contributed by atoms with Crippen molar-refractivity contribution in [2.45, 2.75) is 71.6 Å². The zero-order valence-corrected chi connectivity index (χ0v) is 34.6. The van der Waals surface area contributed by atoms with E-state index in [4.69, 9.17) is 37.5 Å². The molecule has 0 bridgehead atoms. The van der Waals surface area contributed by atoms with Crippen LogP contribution in [0.5, 0.6) is 5.75 Å². The Morgan fingerprint density at radius 1 is 0.950 bits per heavy atom. The number of pyridine rings is 1. The number of nitrogens with one attached hydrogen (secondary N) is 1. The quantitative estimate of drug-likeness (QED) is 0.0964. The van der Waals surface area contributed by atoms with E-state index < -0.39 is 91.6 Å². The highest BCUT2D eigenvalue weighted by Crippen LogP contribution is 2.49. The predicted molar refractivity (Wildman–Crippen MR) is 207 cm³/mol. The van der Waals surface area contributed by atoms with E-state index in [9.17, 15) is 37.3 Å². The lowest BCUT2D eigenvalue weighted by Gasteiger charge is -2.52. The Bertz CT molecular complexity index is 2100. The van der Waals surface area contributed by atoms with Crippen LogP contribution in [0.3, 0.4) is 0 Å². The fourth-order valence-corrected chi connectivity index (χ4v) is 7.62. The Morgan fingerprint density at radius 2 is 1.60 bits per heavy atom. The van der Waals surface area contributed by atoms with Gasteiger partial charge >= 0.3 is 19.9 Å². The van der Waals surface area contributed by atoms with Gasteiger partial charge in [-0.2, -0.15) is 0 Å². The number of benzene rings is 2. The van der Waals surface area contributed by atoms with E-state index in [1.54, 1.807) is 70.1 Å². The van der Waals surface area contributed by atoms with Crippen molar-refractivity contribution in [1.29, 1.82) is 0 Å². The van der Waals surface area contributed by atoms with Gasteiger partial charge in [-0.15, -0.1) is 0 Å². The molecule has 1 unspecified atom stereocenters. The molecule has 5 rings (SSSR count). The van der Waals surface area contributed by atoms with Gasteiger partial charge in [-0.3, -0.25) is 37.7 Å². The number of hydrogen-bond acceptors (Lipinski definition) is 15. The second-order valence-corrected chi connectivity index (χ2v) is 16.3. The number of likely N-dealkylation sites (N-methyl/N-ethyl adjacent to an activating group) is 1. The first-order valence-corrected chi connectivity index (χ1v) is 20.6. The van der Waals surface area contributed by atoms with E-state index in [0.717, 1.165) is 12.1 Å². The third kappa shape index (κ3) is 11.2. The van der Waals surface area contributed by atoms with Crippen molar-refractivity contribution in [2.75, 3.05) is 51.6 Å². The maximum Gasteiger partial charge on any atom is 0.510 e. The monoisotopic (exact) mass is 864 g/mol. The predicted octanol–water partition coefficient (Wildman–Crippen LogP) is 5.43. The average molecular weight is 865 g/mol. The summed E-state index contributed by atoms with van der Waals surface area (Å²) in [5.41, 5.74) is -2.20. The third-order valence-corrected chi connectivity index (χ3v) is 11.1. The molecule has 0 aliphatic carbocycles. The van der Waals surface area contributed by atoms with Gasteiger partial charge in [0, 0.05) is 44.4 Å². The molecule has 1 saturated heterocycles. The van der Waals surface area contributed by atoms with E-state index >= 15 is 0 Å². The number of hydrogen-bond donors (Lipinski definition) is 1. The van der Waals surface area contributed by atoms with Crippen molar-refractivity contribution < 1.29 is 70.0 Å². The Balaban J connectivity index is 1.44. The van der Waals surface area contributed by atoms with Gasteiger partial charge in [0.15, 0.2) is 17.1 Å². The van der Waals surface area contributed by atoms with E-state index in [2.05, 4.69) is 5.32 Å². The normalized spacial score (nSPS) is 16.2. The van der Waals surface area contributed by atoms with Gasteiger partial charge in [0.1, 0.15) is 23.8 Å². The maximum absolute atomic E-state index is 14.7. The summed E-state index contributed by atoms with van der Waals surface area (Å²) in [6.07, 6.45) is -2.24. The highest BCUT2D eigenvalue weighted by Gasteiger charge is 2.52. The van der Waals surface area contributed by atoms with E-state index in [1.807, 2.05) is 0 Å². The Labute approximate surface area is 344 Å². The Kier molecular flexibility index (Phi) is 15.3. The minimum Gasteiger partial charge on any atom is -0.482 e.